The first-order valence-corrected chi connectivity index (χ1v) is 19.0. The molecule has 0 bridgehead atoms. The zero-order chi connectivity index (χ0) is 34.1. The Hall–Kier alpha value is -2.89. The quantitative estimate of drug-likeness (QED) is 0.0641. The van der Waals surface area contributed by atoms with Crippen LogP contribution < -0.4 is 0 Å². The van der Waals surface area contributed by atoms with Crippen molar-refractivity contribution >= 4 is 5.97 Å². The third kappa shape index (κ3) is 11.9. The van der Waals surface area contributed by atoms with E-state index in [-0.39, 0.29) is 18.8 Å². The Balaban J connectivity index is 1.23. The van der Waals surface area contributed by atoms with E-state index in [9.17, 15) is 9.90 Å². The maximum atomic E-state index is 11.9. The van der Waals surface area contributed by atoms with Crippen LogP contribution in [0.3, 0.4) is 0 Å². The minimum Gasteiger partial charge on any atom is -0.496 e. The summed E-state index contributed by atoms with van der Waals surface area (Å²) >= 11 is 0. The molecule has 0 amide bonds. The fraction of sp³-hybridized carbons (Fsp3) is 0.605. The van der Waals surface area contributed by atoms with Crippen LogP contribution in [0.15, 0.2) is 73.0 Å². The topological polar surface area (TPSA) is 76.0 Å². The highest BCUT2D eigenvalue weighted by atomic mass is 16.5. The molecule has 264 valence electrons. The summed E-state index contributed by atoms with van der Waals surface area (Å²) in [5.74, 6) is 3.11. The number of unbranched alkanes of at least 4 members (excludes halogenated alkanes) is 2. The molecular formula is C43H62O5. The van der Waals surface area contributed by atoms with E-state index in [0.717, 1.165) is 25.7 Å². The average Bonchev–Trinajstić information content (AvgIpc) is 3.14. The summed E-state index contributed by atoms with van der Waals surface area (Å²) in [5, 5.41) is 18.3. The minimum atomic E-state index is -0.511. The first kappa shape index (κ1) is 37.9. The number of rotatable bonds is 20. The predicted octanol–water partition coefficient (Wildman–Crippen LogP) is 9.93. The highest BCUT2D eigenvalue weighted by Crippen LogP contribution is 2.43. The Labute approximate surface area is 290 Å². The molecule has 48 heavy (non-hydrogen) atoms. The van der Waals surface area contributed by atoms with Crippen LogP contribution in [0.25, 0.3) is 0 Å². The van der Waals surface area contributed by atoms with Gasteiger partial charge >= 0.3 is 5.97 Å². The summed E-state index contributed by atoms with van der Waals surface area (Å²) in [7, 11) is 0. The zero-order valence-electron chi connectivity index (χ0n) is 29.7. The molecule has 0 spiro atoms. The lowest BCUT2D eigenvalue weighted by Crippen LogP contribution is -2.22. The first-order chi connectivity index (χ1) is 23.4. The number of aryl methyl sites for hydroxylation is 1. The molecule has 4 rings (SSSR count). The number of hydrogen-bond acceptors (Lipinski definition) is 5. The fourth-order valence-electron chi connectivity index (χ4n) is 8.16. The number of aliphatic hydroxyl groups excluding tert-OH is 2. The summed E-state index contributed by atoms with van der Waals surface area (Å²) in [6.45, 7) is 9.95. The summed E-state index contributed by atoms with van der Waals surface area (Å²) in [6.07, 6.45) is 18.9. The van der Waals surface area contributed by atoms with Gasteiger partial charge in [0.1, 0.15) is 5.76 Å². The standard InChI is InChI=1S/C43H62O5/c1-4-5-6-9-34-12-14-36(15-13-34)38-20-22-40(23-21-38)42-26-24-41(25-27-42)39-18-16-37(17-19-39)35(10-7-28-47-33(3)31-45)11-8-29-48-43(46)32(2)30-44/h12-15,24-27,35,37-40,44-45H,2-11,16-23,28-31H2,1H3. The second-order valence-corrected chi connectivity index (χ2v) is 14.5. The van der Waals surface area contributed by atoms with Crippen LogP contribution in [0, 0.1) is 11.8 Å². The number of benzene rings is 2. The second kappa shape index (κ2) is 20.6. The van der Waals surface area contributed by atoms with E-state index in [1.54, 1.807) is 0 Å². The van der Waals surface area contributed by atoms with Gasteiger partial charge in [-0.2, -0.15) is 0 Å². The van der Waals surface area contributed by atoms with Crippen LogP contribution >= 0.6 is 0 Å². The van der Waals surface area contributed by atoms with Crippen molar-refractivity contribution in [2.45, 2.75) is 127 Å². The third-order valence-corrected chi connectivity index (χ3v) is 11.2. The largest absolute Gasteiger partial charge is 0.496 e. The van der Waals surface area contributed by atoms with Crippen LogP contribution in [0.5, 0.6) is 0 Å². The Morgan fingerprint density at radius 1 is 0.688 bits per heavy atom. The molecule has 2 fully saturated rings. The number of hydrogen-bond donors (Lipinski definition) is 2. The molecule has 2 aromatic rings. The van der Waals surface area contributed by atoms with Gasteiger partial charge in [-0.25, -0.2) is 4.79 Å². The lowest BCUT2D eigenvalue weighted by atomic mass is 9.71. The van der Waals surface area contributed by atoms with Crippen molar-refractivity contribution < 1.29 is 24.5 Å². The highest BCUT2D eigenvalue weighted by Gasteiger charge is 2.29. The molecule has 1 unspecified atom stereocenters. The third-order valence-electron chi connectivity index (χ3n) is 11.2. The molecular weight excluding hydrogens is 596 g/mol. The number of esters is 1. The van der Waals surface area contributed by atoms with Crippen LogP contribution in [0.1, 0.15) is 143 Å². The molecule has 2 aliphatic rings. The van der Waals surface area contributed by atoms with Gasteiger partial charge in [0.15, 0.2) is 0 Å². The van der Waals surface area contributed by atoms with Crippen LogP contribution in [-0.4, -0.2) is 42.6 Å². The second-order valence-electron chi connectivity index (χ2n) is 14.5. The maximum Gasteiger partial charge on any atom is 0.335 e. The van der Waals surface area contributed by atoms with Gasteiger partial charge in [-0.3, -0.25) is 0 Å². The molecule has 0 heterocycles. The first-order valence-electron chi connectivity index (χ1n) is 19.0. The van der Waals surface area contributed by atoms with E-state index in [1.165, 1.54) is 99.3 Å². The molecule has 2 N–H and O–H groups in total. The molecule has 5 nitrogen and oxygen atoms in total. The zero-order valence-corrected chi connectivity index (χ0v) is 29.7. The highest BCUT2D eigenvalue weighted by molar-refractivity contribution is 5.87. The number of aliphatic hydroxyl groups is 2. The Bertz CT molecular complexity index is 1230. The number of ether oxygens (including phenoxy) is 2. The smallest absolute Gasteiger partial charge is 0.335 e. The van der Waals surface area contributed by atoms with Crippen molar-refractivity contribution in [2.24, 2.45) is 11.8 Å². The van der Waals surface area contributed by atoms with Crippen LogP contribution in [-0.2, 0) is 20.7 Å². The molecule has 2 aliphatic carbocycles. The van der Waals surface area contributed by atoms with Gasteiger partial charge < -0.3 is 19.7 Å². The number of carbonyl (C=O) groups excluding carboxylic acids is 1. The van der Waals surface area contributed by atoms with Crippen molar-refractivity contribution in [1.82, 2.24) is 0 Å². The van der Waals surface area contributed by atoms with Gasteiger partial charge in [0.05, 0.1) is 32.0 Å². The molecule has 2 aromatic carbocycles. The van der Waals surface area contributed by atoms with Gasteiger partial charge in [-0.15, -0.1) is 0 Å². The molecule has 0 aromatic heterocycles. The lowest BCUT2D eigenvalue weighted by molar-refractivity contribution is -0.139. The minimum absolute atomic E-state index is 0.0981. The van der Waals surface area contributed by atoms with Gasteiger partial charge in [0, 0.05) is 0 Å². The molecule has 5 heteroatoms. The SMILES string of the molecule is C=C(CO)OCCCC(CCCOC(=O)C(=C)CO)C1CCC(c2ccc(C3CCC(c4ccc(CCCCC)cc4)CC3)cc2)CC1. The fourth-order valence-corrected chi connectivity index (χ4v) is 8.16. The van der Waals surface area contributed by atoms with E-state index in [1.807, 2.05) is 0 Å². The lowest BCUT2D eigenvalue weighted by Gasteiger charge is -2.35. The van der Waals surface area contributed by atoms with Crippen molar-refractivity contribution in [3.8, 4) is 0 Å². The Morgan fingerprint density at radius 2 is 1.17 bits per heavy atom. The van der Waals surface area contributed by atoms with Gasteiger partial charge in [-0.1, -0.05) is 81.5 Å². The van der Waals surface area contributed by atoms with E-state index in [0.29, 0.717) is 48.6 Å². The summed E-state index contributed by atoms with van der Waals surface area (Å²) in [5.41, 5.74) is 6.14. The van der Waals surface area contributed by atoms with Crippen molar-refractivity contribution in [2.75, 3.05) is 26.4 Å². The van der Waals surface area contributed by atoms with Gasteiger partial charge in [0.25, 0.3) is 0 Å². The number of carbonyl (C=O) groups is 1. The van der Waals surface area contributed by atoms with Crippen LogP contribution in [0.4, 0.5) is 0 Å². The molecule has 2 saturated carbocycles. The average molecular weight is 659 g/mol. The van der Waals surface area contributed by atoms with E-state index in [4.69, 9.17) is 14.6 Å². The maximum absolute atomic E-state index is 11.9. The summed E-state index contributed by atoms with van der Waals surface area (Å²) < 4.78 is 10.9. The van der Waals surface area contributed by atoms with E-state index < -0.39 is 5.97 Å². The Morgan fingerprint density at radius 3 is 1.65 bits per heavy atom. The normalized spacial score (nSPS) is 21.7. The molecule has 0 radical (unpaired) electrons. The van der Waals surface area contributed by atoms with Crippen molar-refractivity contribution in [1.29, 1.82) is 0 Å². The van der Waals surface area contributed by atoms with Crippen molar-refractivity contribution in [3.05, 3.63) is 95.3 Å². The Kier molecular flexibility index (Phi) is 16.3. The molecule has 0 saturated heterocycles. The summed E-state index contributed by atoms with van der Waals surface area (Å²) in [4.78, 5) is 11.9. The van der Waals surface area contributed by atoms with E-state index >= 15 is 0 Å². The molecule has 0 aliphatic heterocycles. The van der Waals surface area contributed by atoms with E-state index in [2.05, 4.69) is 68.6 Å². The van der Waals surface area contributed by atoms with Gasteiger partial charge in [-0.05, 0) is 142 Å². The van der Waals surface area contributed by atoms with Crippen molar-refractivity contribution in [3.63, 3.8) is 0 Å². The molecule has 1 atom stereocenters. The monoisotopic (exact) mass is 658 g/mol. The predicted molar refractivity (Wildman–Crippen MR) is 196 cm³/mol. The van der Waals surface area contributed by atoms with Gasteiger partial charge in [0.2, 0.25) is 0 Å². The van der Waals surface area contributed by atoms with Crippen LogP contribution in [0.2, 0.25) is 0 Å². The summed E-state index contributed by atoms with van der Waals surface area (Å²) in [6, 6.07) is 19.2.